The maximum atomic E-state index is 13.9. The summed E-state index contributed by atoms with van der Waals surface area (Å²) in [7, 11) is 1.82. The fraction of sp³-hybridized carbons (Fsp3) is 0.154. The monoisotopic (exact) mass is 293 g/mol. The second-order valence-electron chi connectivity index (χ2n) is 4.04. The van der Waals surface area contributed by atoms with Crippen LogP contribution in [0.2, 0.25) is 0 Å². The number of thioether (sulfide) groups is 1. The fourth-order valence-electron chi connectivity index (χ4n) is 1.50. The van der Waals surface area contributed by atoms with Crippen molar-refractivity contribution in [2.75, 3.05) is 0 Å². The van der Waals surface area contributed by atoms with Crippen molar-refractivity contribution in [3.63, 3.8) is 0 Å². The van der Waals surface area contributed by atoms with E-state index in [1.807, 2.05) is 7.05 Å². The molecular formula is C13H12FN3O2S. The van der Waals surface area contributed by atoms with Gasteiger partial charge in [-0.15, -0.1) is 10.2 Å². The molecule has 7 heteroatoms. The molecule has 0 spiro atoms. The molecule has 20 heavy (non-hydrogen) atoms. The minimum Gasteiger partial charge on any atom is -0.478 e. The quantitative estimate of drug-likeness (QED) is 0.677. The average molecular weight is 293 g/mol. The Kier molecular flexibility index (Phi) is 4.52. The highest BCUT2D eigenvalue weighted by Crippen LogP contribution is 2.22. The maximum Gasteiger partial charge on any atom is 0.328 e. The number of aromatic nitrogens is 3. The van der Waals surface area contributed by atoms with Crippen molar-refractivity contribution in [3.8, 4) is 0 Å². The minimum absolute atomic E-state index is 0.368. The van der Waals surface area contributed by atoms with Gasteiger partial charge in [-0.05, 0) is 23.3 Å². The van der Waals surface area contributed by atoms with Gasteiger partial charge in [-0.3, -0.25) is 0 Å². The summed E-state index contributed by atoms with van der Waals surface area (Å²) in [6.07, 6.45) is 3.91. The third-order valence-corrected chi connectivity index (χ3v) is 3.61. The van der Waals surface area contributed by atoms with Crippen LogP contribution in [0, 0.1) is 5.82 Å². The molecule has 0 fully saturated rings. The van der Waals surface area contributed by atoms with E-state index in [9.17, 15) is 9.18 Å². The molecule has 0 aliphatic heterocycles. The summed E-state index contributed by atoms with van der Waals surface area (Å²) in [5, 5.41) is 16.9. The highest BCUT2D eigenvalue weighted by Gasteiger charge is 2.06. The fourth-order valence-corrected chi connectivity index (χ4v) is 2.37. The van der Waals surface area contributed by atoms with Crippen LogP contribution in [-0.4, -0.2) is 25.8 Å². The van der Waals surface area contributed by atoms with Crippen LogP contribution in [-0.2, 0) is 17.6 Å². The van der Waals surface area contributed by atoms with Gasteiger partial charge in [0.2, 0.25) is 0 Å². The molecule has 0 saturated heterocycles. The summed E-state index contributed by atoms with van der Waals surface area (Å²) in [6.45, 7) is 0. The topological polar surface area (TPSA) is 68.0 Å². The first kappa shape index (κ1) is 14.3. The van der Waals surface area contributed by atoms with Crippen molar-refractivity contribution < 1.29 is 14.3 Å². The number of carbonyl (C=O) groups is 1. The Bertz CT molecular complexity index is 655. The zero-order valence-corrected chi connectivity index (χ0v) is 11.5. The van der Waals surface area contributed by atoms with Crippen LogP contribution in [0.3, 0.4) is 0 Å². The lowest BCUT2D eigenvalue weighted by molar-refractivity contribution is -0.131. The van der Waals surface area contributed by atoms with Gasteiger partial charge in [0.1, 0.15) is 12.1 Å². The number of aliphatic carboxylic acids is 1. The predicted molar refractivity (Wildman–Crippen MR) is 73.6 cm³/mol. The van der Waals surface area contributed by atoms with Gasteiger partial charge in [0.05, 0.1) is 0 Å². The van der Waals surface area contributed by atoms with Crippen LogP contribution in [0.25, 0.3) is 6.08 Å². The Labute approximate surface area is 119 Å². The summed E-state index contributed by atoms with van der Waals surface area (Å²) >= 11 is 1.38. The Morgan fingerprint density at radius 2 is 2.35 bits per heavy atom. The normalized spacial score (nSPS) is 11.1. The van der Waals surface area contributed by atoms with E-state index in [1.165, 1.54) is 23.9 Å². The summed E-state index contributed by atoms with van der Waals surface area (Å²) < 4.78 is 15.6. The number of hydrogen-bond donors (Lipinski definition) is 1. The van der Waals surface area contributed by atoms with E-state index >= 15 is 0 Å². The largest absolute Gasteiger partial charge is 0.478 e. The number of carboxylic acid groups (broad SMARTS) is 1. The standard InChI is InChI=1S/C13H12FN3O2S/c1-17-8-15-16-13(17)20-7-10-4-2-9(6-11(10)14)3-5-12(18)19/h2-6,8H,7H2,1H3,(H,18,19). The molecule has 0 atom stereocenters. The van der Waals surface area contributed by atoms with Crippen LogP contribution in [0.5, 0.6) is 0 Å². The molecule has 1 N–H and O–H groups in total. The van der Waals surface area contributed by atoms with E-state index in [2.05, 4.69) is 10.2 Å². The Hall–Kier alpha value is -2.15. The summed E-state index contributed by atoms with van der Waals surface area (Å²) in [4.78, 5) is 10.4. The van der Waals surface area contributed by atoms with E-state index in [-0.39, 0.29) is 5.82 Å². The zero-order valence-electron chi connectivity index (χ0n) is 10.7. The zero-order chi connectivity index (χ0) is 14.5. The summed E-state index contributed by atoms with van der Waals surface area (Å²) in [5.41, 5.74) is 1.04. The number of halogens is 1. The molecule has 1 aromatic carbocycles. The van der Waals surface area contributed by atoms with Crippen molar-refractivity contribution in [2.45, 2.75) is 10.9 Å². The van der Waals surface area contributed by atoms with Crippen molar-refractivity contribution in [1.29, 1.82) is 0 Å². The van der Waals surface area contributed by atoms with Crippen LogP contribution in [0.4, 0.5) is 4.39 Å². The SMILES string of the molecule is Cn1cnnc1SCc1ccc(C=CC(=O)O)cc1F. The Morgan fingerprint density at radius 3 is 2.95 bits per heavy atom. The molecule has 5 nitrogen and oxygen atoms in total. The van der Waals surface area contributed by atoms with Gasteiger partial charge >= 0.3 is 5.97 Å². The van der Waals surface area contributed by atoms with Gasteiger partial charge in [0.25, 0.3) is 0 Å². The van der Waals surface area contributed by atoms with Crippen molar-refractivity contribution in [1.82, 2.24) is 14.8 Å². The second-order valence-corrected chi connectivity index (χ2v) is 4.98. The highest BCUT2D eigenvalue weighted by molar-refractivity contribution is 7.98. The molecule has 0 radical (unpaired) electrons. The molecular weight excluding hydrogens is 281 g/mol. The van der Waals surface area contributed by atoms with E-state index in [0.717, 1.165) is 6.08 Å². The van der Waals surface area contributed by atoms with Crippen LogP contribution in [0.1, 0.15) is 11.1 Å². The van der Waals surface area contributed by atoms with Gasteiger partial charge in [0, 0.05) is 18.9 Å². The van der Waals surface area contributed by atoms with Gasteiger partial charge in [-0.1, -0.05) is 23.9 Å². The third-order valence-electron chi connectivity index (χ3n) is 2.52. The van der Waals surface area contributed by atoms with E-state index in [0.29, 0.717) is 22.0 Å². The molecule has 0 aliphatic rings. The van der Waals surface area contributed by atoms with Crippen molar-refractivity contribution in [3.05, 3.63) is 47.5 Å². The van der Waals surface area contributed by atoms with Crippen molar-refractivity contribution in [2.24, 2.45) is 7.05 Å². The maximum absolute atomic E-state index is 13.9. The lowest BCUT2D eigenvalue weighted by Crippen LogP contribution is -1.93. The Morgan fingerprint density at radius 1 is 1.55 bits per heavy atom. The lowest BCUT2D eigenvalue weighted by Gasteiger charge is -2.04. The predicted octanol–water partition coefficient (Wildman–Crippen LogP) is 2.34. The summed E-state index contributed by atoms with van der Waals surface area (Å²) in [5.74, 6) is -0.999. The van der Waals surface area contributed by atoms with E-state index < -0.39 is 5.97 Å². The highest BCUT2D eigenvalue weighted by atomic mass is 32.2. The smallest absolute Gasteiger partial charge is 0.328 e. The number of hydrogen-bond acceptors (Lipinski definition) is 4. The average Bonchev–Trinajstić information content (AvgIpc) is 2.81. The molecule has 0 unspecified atom stereocenters. The molecule has 2 aromatic rings. The lowest BCUT2D eigenvalue weighted by atomic mass is 10.1. The van der Waals surface area contributed by atoms with Gasteiger partial charge in [-0.25, -0.2) is 9.18 Å². The van der Waals surface area contributed by atoms with Crippen LogP contribution < -0.4 is 0 Å². The molecule has 0 saturated carbocycles. The molecule has 104 valence electrons. The summed E-state index contributed by atoms with van der Waals surface area (Å²) in [6, 6.07) is 4.63. The number of nitrogens with zero attached hydrogens (tertiary/aromatic N) is 3. The molecule has 2 rings (SSSR count). The molecule has 0 bridgehead atoms. The first-order chi connectivity index (χ1) is 9.56. The number of carboxylic acids is 1. The van der Waals surface area contributed by atoms with Gasteiger partial charge in [-0.2, -0.15) is 0 Å². The van der Waals surface area contributed by atoms with Gasteiger partial charge in [0.15, 0.2) is 5.16 Å². The van der Waals surface area contributed by atoms with Crippen LogP contribution >= 0.6 is 11.8 Å². The number of benzene rings is 1. The number of aryl methyl sites for hydroxylation is 1. The van der Waals surface area contributed by atoms with Crippen LogP contribution in [0.15, 0.2) is 35.8 Å². The van der Waals surface area contributed by atoms with Gasteiger partial charge < -0.3 is 9.67 Å². The molecule has 0 amide bonds. The molecule has 1 aromatic heterocycles. The Balaban J connectivity index is 2.06. The first-order valence-corrected chi connectivity index (χ1v) is 6.71. The van der Waals surface area contributed by atoms with E-state index in [4.69, 9.17) is 5.11 Å². The first-order valence-electron chi connectivity index (χ1n) is 5.72. The third kappa shape index (κ3) is 3.67. The molecule has 0 aliphatic carbocycles. The minimum atomic E-state index is -1.06. The second kappa shape index (κ2) is 6.33. The number of rotatable bonds is 5. The van der Waals surface area contributed by atoms with E-state index in [1.54, 1.807) is 23.0 Å². The van der Waals surface area contributed by atoms with Crippen molar-refractivity contribution >= 4 is 23.8 Å². The molecule has 1 heterocycles.